The van der Waals surface area contributed by atoms with E-state index in [0.29, 0.717) is 5.75 Å². The van der Waals surface area contributed by atoms with Crippen molar-refractivity contribution < 1.29 is 9.53 Å². The quantitative estimate of drug-likeness (QED) is 0.326. The fraction of sp³-hybridized carbons (Fsp3) is 0.250. The van der Waals surface area contributed by atoms with Gasteiger partial charge in [-0.1, -0.05) is 30.3 Å². The molecule has 0 fully saturated rings. The van der Waals surface area contributed by atoms with Gasteiger partial charge in [-0.15, -0.1) is 11.8 Å². The van der Waals surface area contributed by atoms with Crippen LogP contribution in [0.25, 0.3) is 5.69 Å². The van der Waals surface area contributed by atoms with Crippen LogP contribution in [-0.2, 0) is 10.5 Å². The Hall–Kier alpha value is -2.51. The number of methoxy groups -OCH3 is 1. The van der Waals surface area contributed by atoms with Gasteiger partial charge in [0.2, 0.25) is 5.91 Å². The number of aromatic nitrogens is 1. The summed E-state index contributed by atoms with van der Waals surface area (Å²) in [5.41, 5.74) is 9.21. The third-order valence-electron chi connectivity index (χ3n) is 5.01. The Labute approximate surface area is 196 Å². The molecule has 0 saturated heterocycles. The number of halogens is 1. The standard InChI is InChI=1S/C24H26BrN3O2S/c1-16-7-5-6-8-22(16)28-17(2)21(24(25)18(28)3)13-26-27-23(29)15-31-14-19-9-11-20(30-4)12-10-19/h5-13H,14-15H2,1-4H3,(H,27,29)/b26-13-. The molecule has 1 aromatic heterocycles. The smallest absolute Gasteiger partial charge is 0.250 e. The lowest BCUT2D eigenvalue weighted by molar-refractivity contribution is -0.118. The third-order valence-corrected chi connectivity index (χ3v) is 7.02. The van der Waals surface area contributed by atoms with Gasteiger partial charge in [0, 0.05) is 32.9 Å². The minimum atomic E-state index is -0.126. The number of aryl methyl sites for hydroxylation is 1. The zero-order chi connectivity index (χ0) is 22.4. The maximum absolute atomic E-state index is 12.1. The first kappa shape index (κ1) is 23.2. The number of rotatable bonds is 8. The summed E-state index contributed by atoms with van der Waals surface area (Å²) in [6, 6.07) is 16.1. The Balaban J connectivity index is 1.60. The van der Waals surface area contributed by atoms with Crippen molar-refractivity contribution in [1.29, 1.82) is 0 Å². The number of amides is 1. The van der Waals surface area contributed by atoms with Crippen molar-refractivity contribution in [2.45, 2.75) is 26.5 Å². The molecule has 5 nitrogen and oxygen atoms in total. The van der Waals surface area contributed by atoms with Gasteiger partial charge in [-0.25, -0.2) is 5.43 Å². The fourth-order valence-electron chi connectivity index (χ4n) is 3.33. The highest BCUT2D eigenvalue weighted by Crippen LogP contribution is 2.30. The molecule has 0 radical (unpaired) electrons. The van der Waals surface area contributed by atoms with E-state index in [1.165, 1.54) is 5.56 Å². The fourth-order valence-corrected chi connectivity index (χ4v) is 4.68. The number of hydrogen-bond acceptors (Lipinski definition) is 4. The van der Waals surface area contributed by atoms with Gasteiger partial charge < -0.3 is 9.30 Å². The Kier molecular flexibility index (Phi) is 7.98. The summed E-state index contributed by atoms with van der Waals surface area (Å²) in [7, 11) is 1.65. The van der Waals surface area contributed by atoms with E-state index in [2.05, 4.69) is 63.9 Å². The van der Waals surface area contributed by atoms with Crippen LogP contribution >= 0.6 is 27.7 Å². The number of hydrazone groups is 1. The molecule has 0 aliphatic heterocycles. The molecule has 1 N–H and O–H groups in total. The summed E-state index contributed by atoms with van der Waals surface area (Å²) >= 11 is 5.23. The van der Waals surface area contributed by atoms with Crippen LogP contribution in [0.4, 0.5) is 0 Å². The lowest BCUT2D eigenvalue weighted by atomic mass is 10.2. The van der Waals surface area contributed by atoms with E-state index in [4.69, 9.17) is 4.74 Å². The first-order chi connectivity index (χ1) is 14.9. The van der Waals surface area contributed by atoms with Gasteiger partial charge in [0.1, 0.15) is 5.75 Å². The van der Waals surface area contributed by atoms with Gasteiger partial charge >= 0.3 is 0 Å². The van der Waals surface area contributed by atoms with Crippen LogP contribution in [0.3, 0.4) is 0 Å². The number of benzene rings is 2. The van der Waals surface area contributed by atoms with Crippen molar-refractivity contribution in [3.05, 3.63) is 81.1 Å². The molecule has 0 aliphatic carbocycles. The first-order valence-corrected chi connectivity index (χ1v) is 11.8. The average Bonchev–Trinajstić information content (AvgIpc) is 2.98. The molecule has 7 heteroatoms. The molecule has 0 aliphatic rings. The second-order valence-electron chi connectivity index (χ2n) is 7.15. The van der Waals surface area contributed by atoms with E-state index in [9.17, 15) is 4.79 Å². The highest BCUT2D eigenvalue weighted by atomic mass is 79.9. The maximum Gasteiger partial charge on any atom is 0.250 e. The molecule has 2 aromatic carbocycles. The summed E-state index contributed by atoms with van der Waals surface area (Å²) in [5.74, 6) is 1.80. The zero-order valence-electron chi connectivity index (χ0n) is 18.1. The summed E-state index contributed by atoms with van der Waals surface area (Å²) < 4.78 is 8.33. The number of para-hydroxylation sites is 1. The number of carbonyl (C=O) groups is 1. The van der Waals surface area contributed by atoms with Crippen molar-refractivity contribution in [2.75, 3.05) is 12.9 Å². The van der Waals surface area contributed by atoms with Crippen LogP contribution in [-0.4, -0.2) is 29.6 Å². The number of thioether (sulfide) groups is 1. The minimum absolute atomic E-state index is 0.126. The van der Waals surface area contributed by atoms with E-state index < -0.39 is 0 Å². The Morgan fingerprint density at radius 2 is 1.84 bits per heavy atom. The maximum atomic E-state index is 12.1. The molecule has 3 rings (SSSR count). The number of ether oxygens (including phenoxy) is 1. The van der Waals surface area contributed by atoms with E-state index >= 15 is 0 Å². The summed E-state index contributed by atoms with van der Waals surface area (Å²) in [5, 5.41) is 4.18. The van der Waals surface area contributed by atoms with Gasteiger partial charge in [-0.05, 0) is 66.0 Å². The van der Waals surface area contributed by atoms with Crippen LogP contribution in [0.1, 0.15) is 28.1 Å². The van der Waals surface area contributed by atoms with Crippen LogP contribution in [0.15, 0.2) is 58.1 Å². The highest BCUT2D eigenvalue weighted by Gasteiger charge is 2.16. The van der Waals surface area contributed by atoms with Gasteiger partial charge in [-0.3, -0.25) is 4.79 Å². The second kappa shape index (κ2) is 10.7. The summed E-state index contributed by atoms with van der Waals surface area (Å²) in [6.45, 7) is 6.22. The number of hydrogen-bond donors (Lipinski definition) is 1. The molecule has 162 valence electrons. The van der Waals surface area contributed by atoms with E-state index in [1.807, 2.05) is 36.4 Å². The molecular formula is C24H26BrN3O2S. The van der Waals surface area contributed by atoms with Crippen molar-refractivity contribution in [2.24, 2.45) is 5.10 Å². The minimum Gasteiger partial charge on any atom is -0.497 e. The number of carbonyl (C=O) groups excluding carboxylic acids is 1. The third kappa shape index (κ3) is 5.60. The molecule has 0 atom stereocenters. The average molecular weight is 500 g/mol. The van der Waals surface area contributed by atoms with Crippen LogP contribution in [0.5, 0.6) is 5.75 Å². The molecule has 3 aromatic rings. The molecule has 31 heavy (non-hydrogen) atoms. The molecule has 0 bridgehead atoms. The first-order valence-electron chi connectivity index (χ1n) is 9.88. The zero-order valence-corrected chi connectivity index (χ0v) is 20.5. The molecule has 0 saturated carbocycles. The highest BCUT2D eigenvalue weighted by molar-refractivity contribution is 9.10. The topological polar surface area (TPSA) is 55.6 Å². The predicted molar refractivity (Wildman–Crippen MR) is 133 cm³/mol. The second-order valence-corrected chi connectivity index (χ2v) is 8.93. The van der Waals surface area contributed by atoms with Crippen molar-refractivity contribution in [1.82, 2.24) is 9.99 Å². The van der Waals surface area contributed by atoms with E-state index in [-0.39, 0.29) is 5.91 Å². The monoisotopic (exact) mass is 499 g/mol. The van der Waals surface area contributed by atoms with Crippen LogP contribution in [0, 0.1) is 20.8 Å². The van der Waals surface area contributed by atoms with Crippen molar-refractivity contribution in [3.63, 3.8) is 0 Å². The van der Waals surface area contributed by atoms with Crippen LogP contribution in [0.2, 0.25) is 0 Å². The Morgan fingerprint density at radius 1 is 1.13 bits per heavy atom. The summed E-state index contributed by atoms with van der Waals surface area (Å²) in [6.07, 6.45) is 1.70. The Morgan fingerprint density at radius 3 is 2.52 bits per heavy atom. The number of nitrogens with one attached hydrogen (secondary N) is 1. The van der Waals surface area contributed by atoms with Gasteiger partial charge in [-0.2, -0.15) is 5.10 Å². The molecule has 1 amide bonds. The van der Waals surface area contributed by atoms with Gasteiger partial charge in [0.15, 0.2) is 0 Å². The lowest BCUT2D eigenvalue weighted by Gasteiger charge is -2.12. The normalized spacial score (nSPS) is 11.1. The molecule has 0 unspecified atom stereocenters. The van der Waals surface area contributed by atoms with E-state index in [0.717, 1.165) is 44.2 Å². The van der Waals surface area contributed by atoms with Crippen LogP contribution < -0.4 is 10.2 Å². The largest absolute Gasteiger partial charge is 0.497 e. The Bertz CT molecular complexity index is 1090. The molecular weight excluding hydrogens is 474 g/mol. The summed E-state index contributed by atoms with van der Waals surface area (Å²) in [4.78, 5) is 12.1. The molecule has 0 spiro atoms. The molecule has 1 heterocycles. The van der Waals surface area contributed by atoms with Gasteiger partial charge in [0.05, 0.1) is 19.1 Å². The van der Waals surface area contributed by atoms with Gasteiger partial charge in [0.25, 0.3) is 0 Å². The SMILES string of the molecule is COc1ccc(CSCC(=O)N/N=C\c2c(Br)c(C)n(-c3ccccc3C)c2C)cc1. The van der Waals surface area contributed by atoms with E-state index in [1.54, 1.807) is 25.1 Å². The predicted octanol–water partition coefficient (Wildman–Crippen LogP) is 5.56. The number of nitrogens with zero attached hydrogens (tertiary/aromatic N) is 2. The van der Waals surface area contributed by atoms with Crippen molar-refractivity contribution >= 4 is 39.8 Å². The lowest BCUT2D eigenvalue weighted by Crippen LogP contribution is -2.19. The van der Waals surface area contributed by atoms with Crippen molar-refractivity contribution in [3.8, 4) is 11.4 Å².